The molecule has 0 N–H and O–H groups in total. The van der Waals surface area contributed by atoms with E-state index in [9.17, 15) is 0 Å². The summed E-state index contributed by atoms with van der Waals surface area (Å²) in [6.45, 7) is 4.39. The average Bonchev–Trinajstić information content (AvgIpc) is 2.92. The van der Waals surface area contributed by atoms with Crippen molar-refractivity contribution in [2.75, 3.05) is 0 Å². The summed E-state index contributed by atoms with van der Waals surface area (Å²) in [7, 11) is 0. The molecule has 0 nitrogen and oxygen atoms in total. The summed E-state index contributed by atoms with van der Waals surface area (Å²) in [6, 6.07) is 0. The van der Waals surface area contributed by atoms with Gasteiger partial charge in [-0.3, -0.25) is 12.2 Å². The van der Waals surface area contributed by atoms with Gasteiger partial charge in [0.25, 0.3) is 0 Å². The molecule has 0 aromatic heterocycles. The van der Waals surface area contributed by atoms with Gasteiger partial charge in [-0.15, -0.1) is 12.8 Å². The molecule has 0 aromatic carbocycles. The molecule has 2 aliphatic carbocycles. The van der Waals surface area contributed by atoms with Crippen LogP contribution < -0.4 is 0 Å². The van der Waals surface area contributed by atoms with Crippen molar-refractivity contribution in [1.29, 1.82) is 0 Å². The predicted molar refractivity (Wildman–Crippen MR) is 73.1 cm³/mol. The third-order valence-corrected chi connectivity index (χ3v) is 2.57. The van der Waals surface area contributed by atoms with Crippen LogP contribution >= 0.6 is 0 Å². The van der Waals surface area contributed by atoms with Gasteiger partial charge in [0.1, 0.15) is 0 Å². The van der Waals surface area contributed by atoms with Crippen molar-refractivity contribution in [3.63, 3.8) is 0 Å². The Morgan fingerprint density at radius 1 is 0.941 bits per heavy atom. The van der Waals surface area contributed by atoms with Crippen molar-refractivity contribution >= 4 is 0 Å². The molecule has 1 heteroatoms. The minimum atomic E-state index is 0. The van der Waals surface area contributed by atoms with E-state index in [1.54, 1.807) is 0 Å². The van der Waals surface area contributed by atoms with Gasteiger partial charge in [0.2, 0.25) is 0 Å². The van der Waals surface area contributed by atoms with E-state index < -0.39 is 0 Å². The van der Waals surface area contributed by atoms with Gasteiger partial charge >= 0.3 is 0 Å². The van der Waals surface area contributed by atoms with Gasteiger partial charge in [0.05, 0.1) is 0 Å². The summed E-state index contributed by atoms with van der Waals surface area (Å²) in [4.78, 5) is 0. The molecular weight excluding hydrogens is 371 g/mol. The zero-order valence-corrected chi connectivity index (χ0v) is 14.6. The molecule has 0 heterocycles. The molecule has 0 aliphatic heterocycles. The van der Waals surface area contributed by atoms with Gasteiger partial charge in [-0.05, 0) is 0 Å². The van der Waals surface area contributed by atoms with E-state index in [0.29, 0.717) is 0 Å². The summed E-state index contributed by atoms with van der Waals surface area (Å²) < 4.78 is 0. The Morgan fingerprint density at radius 3 is 1.59 bits per heavy atom. The van der Waals surface area contributed by atoms with Crippen LogP contribution in [0.3, 0.4) is 0 Å². The van der Waals surface area contributed by atoms with E-state index in [-0.39, 0.29) is 28.7 Å². The van der Waals surface area contributed by atoms with E-state index in [4.69, 9.17) is 0 Å². The molecular formula is C16H24Hf-4. The van der Waals surface area contributed by atoms with E-state index in [1.807, 2.05) is 0 Å². The van der Waals surface area contributed by atoms with Gasteiger partial charge in [-0.1, -0.05) is 39.5 Å². The first kappa shape index (κ1) is 16.8. The Labute approximate surface area is 128 Å². The zero-order chi connectivity index (χ0) is 11.6. The first-order chi connectivity index (χ1) is 7.86. The van der Waals surface area contributed by atoms with E-state index in [0.717, 1.165) is 12.8 Å². The SMILES string of the molecule is CCCC1=[C-]CC=C1.CCCC1=[C-]CC=C1.[H-].[H-].[Hf]. The molecule has 0 aromatic rings. The molecule has 0 spiro atoms. The molecule has 0 saturated heterocycles. The summed E-state index contributed by atoms with van der Waals surface area (Å²) in [6.07, 6.45) is 22.2. The van der Waals surface area contributed by atoms with Crippen molar-refractivity contribution in [1.82, 2.24) is 0 Å². The fourth-order valence-electron chi connectivity index (χ4n) is 1.78. The predicted octanol–water partition coefficient (Wildman–Crippen LogP) is 5.17. The molecule has 2 rings (SSSR count). The Hall–Kier alpha value is -0.170. The van der Waals surface area contributed by atoms with Crippen LogP contribution in [0, 0.1) is 12.2 Å². The first-order valence-corrected chi connectivity index (χ1v) is 6.39. The number of allylic oxidation sites excluding steroid dienone is 8. The van der Waals surface area contributed by atoms with Crippen LogP contribution in [0.1, 0.15) is 55.2 Å². The van der Waals surface area contributed by atoms with Crippen molar-refractivity contribution in [2.45, 2.75) is 52.4 Å². The third kappa shape index (κ3) is 7.70. The zero-order valence-electron chi connectivity index (χ0n) is 13.1. The maximum atomic E-state index is 3.26. The topological polar surface area (TPSA) is 0 Å². The van der Waals surface area contributed by atoms with Crippen LogP contribution in [0.25, 0.3) is 0 Å². The second kappa shape index (κ2) is 11.0. The van der Waals surface area contributed by atoms with E-state index >= 15 is 0 Å². The number of hydrogen-bond acceptors (Lipinski definition) is 0. The summed E-state index contributed by atoms with van der Waals surface area (Å²) >= 11 is 0. The van der Waals surface area contributed by atoms with Gasteiger partial charge in [0.15, 0.2) is 0 Å². The van der Waals surface area contributed by atoms with Crippen LogP contribution in [0.2, 0.25) is 0 Å². The van der Waals surface area contributed by atoms with Crippen LogP contribution in [0.15, 0.2) is 35.5 Å². The van der Waals surface area contributed by atoms with E-state index in [2.05, 4.69) is 50.3 Å². The largest absolute Gasteiger partial charge is 1.00 e. The van der Waals surface area contributed by atoms with E-state index in [1.165, 1.54) is 36.8 Å². The van der Waals surface area contributed by atoms with Crippen molar-refractivity contribution in [3.8, 4) is 0 Å². The van der Waals surface area contributed by atoms with Crippen LogP contribution in [0.4, 0.5) is 0 Å². The van der Waals surface area contributed by atoms with Gasteiger partial charge in [-0.2, -0.15) is 12.2 Å². The smallest absolute Gasteiger partial charge is 0 e. The molecule has 0 saturated carbocycles. The maximum absolute atomic E-state index is 3.26. The Kier molecular flexibility index (Phi) is 10.8. The average molecular weight is 395 g/mol. The Morgan fingerprint density at radius 2 is 1.35 bits per heavy atom. The van der Waals surface area contributed by atoms with Crippen molar-refractivity contribution < 1.29 is 28.7 Å². The normalized spacial score (nSPS) is 15.9. The van der Waals surface area contributed by atoms with Crippen LogP contribution in [0.5, 0.6) is 0 Å². The number of rotatable bonds is 4. The maximum Gasteiger partial charge on any atom is 0 e. The second-order valence-corrected chi connectivity index (χ2v) is 4.12. The fraction of sp³-hybridized carbons (Fsp3) is 0.500. The summed E-state index contributed by atoms with van der Waals surface area (Å²) in [5, 5.41) is 0. The monoisotopic (exact) mass is 396 g/mol. The third-order valence-electron chi connectivity index (χ3n) is 2.57. The summed E-state index contributed by atoms with van der Waals surface area (Å²) in [5.74, 6) is 0. The minimum Gasteiger partial charge on any atom is -1.00 e. The molecule has 96 valence electrons. The van der Waals surface area contributed by atoms with Crippen LogP contribution in [-0.4, -0.2) is 0 Å². The van der Waals surface area contributed by atoms with Gasteiger partial charge in [-0.25, -0.2) is 23.3 Å². The van der Waals surface area contributed by atoms with Crippen LogP contribution in [-0.2, 0) is 25.8 Å². The second-order valence-electron chi connectivity index (χ2n) is 4.12. The fourth-order valence-corrected chi connectivity index (χ4v) is 1.78. The molecule has 0 unspecified atom stereocenters. The van der Waals surface area contributed by atoms with Gasteiger partial charge in [0, 0.05) is 25.8 Å². The molecule has 0 fully saturated rings. The molecule has 0 atom stereocenters. The molecule has 2 aliphatic rings. The van der Waals surface area contributed by atoms with Crippen molar-refractivity contribution in [3.05, 3.63) is 47.6 Å². The molecule has 0 amide bonds. The summed E-state index contributed by atoms with van der Waals surface area (Å²) in [5.41, 5.74) is 2.79. The quantitative estimate of drug-likeness (QED) is 0.455. The Bertz CT molecular complexity index is 283. The molecule has 0 bridgehead atoms. The first-order valence-electron chi connectivity index (χ1n) is 6.39. The minimum absolute atomic E-state index is 0. The van der Waals surface area contributed by atoms with Crippen molar-refractivity contribution in [2.24, 2.45) is 0 Å². The molecule has 0 radical (unpaired) electrons. The number of hydrogen-bond donors (Lipinski definition) is 0. The van der Waals surface area contributed by atoms with Gasteiger partial charge < -0.3 is 2.85 Å². The Balaban J connectivity index is -0.000000233. The molecule has 17 heavy (non-hydrogen) atoms. The standard InChI is InChI=1S/2C8H11.Hf.2H/c2*1-2-5-8-6-3-4-7-8;;;/h2*3,6H,2,4-5H2,1H3;;;/q2*-1;;2*-1.